The summed E-state index contributed by atoms with van der Waals surface area (Å²) in [6, 6.07) is 10.7. The van der Waals surface area contributed by atoms with Crippen molar-refractivity contribution >= 4 is 23.2 Å². The summed E-state index contributed by atoms with van der Waals surface area (Å²) in [5, 5.41) is 5.96. The van der Waals surface area contributed by atoms with Crippen LogP contribution in [0, 0.1) is 31.6 Å². The van der Waals surface area contributed by atoms with Gasteiger partial charge in [0.05, 0.1) is 30.2 Å². The summed E-state index contributed by atoms with van der Waals surface area (Å²) < 4.78 is 5.89. The van der Waals surface area contributed by atoms with Crippen LogP contribution in [0.15, 0.2) is 36.5 Å². The summed E-state index contributed by atoms with van der Waals surface area (Å²) in [4.78, 5) is 16.1. The smallest absolute Gasteiger partial charge is 0.292 e. The van der Waals surface area contributed by atoms with E-state index in [-0.39, 0.29) is 0 Å². The number of hydrogen-bond acceptors (Lipinski definition) is 5. The van der Waals surface area contributed by atoms with Gasteiger partial charge in [-0.15, -0.1) is 0 Å². The molecule has 2 aromatic heterocycles. The van der Waals surface area contributed by atoms with Crippen LogP contribution in [0.3, 0.4) is 0 Å². The maximum atomic E-state index is 8.95. The van der Waals surface area contributed by atoms with Gasteiger partial charge in [0.2, 0.25) is 0 Å². The number of piperidine rings is 1. The molecule has 3 heterocycles. The van der Waals surface area contributed by atoms with Crippen molar-refractivity contribution in [3.63, 3.8) is 0 Å². The molecular weight excluding hydrogens is 352 g/mol. The van der Waals surface area contributed by atoms with Gasteiger partial charge in [-0.1, -0.05) is 25.1 Å². The lowest BCUT2D eigenvalue weighted by Crippen LogP contribution is -2.24. The molecule has 3 atom stereocenters. The second-order valence-electron chi connectivity index (χ2n) is 7.77. The summed E-state index contributed by atoms with van der Waals surface area (Å²) in [5.74, 6) is 3.81. The summed E-state index contributed by atoms with van der Waals surface area (Å²) in [7, 11) is 1.31. The highest BCUT2D eigenvalue weighted by molar-refractivity contribution is 5.86. The predicted octanol–water partition coefficient (Wildman–Crippen LogP) is 3.53. The van der Waals surface area contributed by atoms with E-state index in [1.165, 1.54) is 36.7 Å². The highest BCUT2D eigenvalue weighted by Crippen LogP contribution is 2.51. The molecule has 5 rings (SSSR count). The zero-order chi connectivity index (χ0) is 19.8. The van der Waals surface area contributed by atoms with Gasteiger partial charge in [-0.25, -0.2) is 9.67 Å². The Hall–Kier alpha value is -2.89. The standard InChI is InChI=1S/C20H22N4.C2H4O2/c1-12-5-4-6-16-14(3)22-24(20(12)16)15-7-8-19(21-9-15)23-10-17-13(2)18(17)11-23;1-4-2-3/h4-9,13,17-18H,10-11H2,1-3H3;2H,1H3/t13?,17-,18?;/m0./s1. The average molecular weight is 378 g/mol. The number of nitrogens with zero attached hydrogens (tertiary/aromatic N) is 4. The number of methoxy groups -OCH3 is 1. The number of pyridine rings is 1. The number of rotatable bonds is 3. The van der Waals surface area contributed by atoms with Gasteiger partial charge in [0, 0.05) is 18.5 Å². The zero-order valence-corrected chi connectivity index (χ0v) is 16.8. The third-order valence-corrected chi connectivity index (χ3v) is 6.11. The minimum Gasteiger partial charge on any atom is -0.471 e. The van der Waals surface area contributed by atoms with Gasteiger partial charge in [-0.05, 0) is 49.3 Å². The van der Waals surface area contributed by atoms with E-state index in [9.17, 15) is 0 Å². The van der Waals surface area contributed by atoms with E-state index < -0.39 is 0 Å². The fourth-order valence-electron chi connectivity index (χ4n) is 4.37. The van der Waals surface area contributed by atoms with E-state index in [1.807, 2.05) is 10.9 Å². The highest BCUT2D eigenvalue weighted by atomic mass is 16.5. The Morgan fingerprint density at radius 3 is 2.46 bits per heavy atom. The molecule has 1 saturated heterocycles. The van der Waals surface area contributed by atoms with Crippen LogP contribution in [0.5, 0.6) is 0 Å². The molecule has 0 bridgehead atoms. The number of aryl methyl sites for hydroxylation is 2. The van der Waals surface area contributed by atoms with Crippen LogP contribution in [0.25, 0.3) is 16.6 Å². The van der Waals surface area contributed by atoms with Crippen LogP contribution in [0.2, 0.25) is 0 Å². The minimum absolute atomic E-state index is 0.375. The Bertz CT molecular complexity index is 984. The predicted molar refractivity (Wildman–Crippen MR) is 110 cm³/mol. The lowest BCUT2D eigenvalue weighted by Gasteiger charge is -2.20. The van der Waals surface area contributed by atoms with Crippen LogP contribution >= 0.6 is 0 Å². The molecule has 2 fully saturated rings. The molecule has 0 amide bonds. The molecule has 0 spiro atoms. The average Bonchev–Trinajstić information content (AvgIpc) is 3.07. The molecular formula is C22H26N4O2. The van der Waals surface area contributed by atoms with E-state index in [2.05, 4.69) is 60.7 Å². The number of para-hydroxylation sites is 1. The maximum Gasteiger partial charge on any atom is 0.292 e. The summed E-state index contributed by atoms with van der Waals surface area (Å²) in [6.07, 6.45) is 1.96. The van der Waals surface area contributed by atoms with Crippen LogP contribution in [-0.2, 0) is 9.53 Å². The minimum atomic E-state index is 0.375. The molecule has 6 nitrogen and oxygen atoms in total. The molecule has 1 saturated carbocycles. The van der Waals surface area contributed by atoms with Gasteiger partial charge >= 0.3 is 0 Å². The number of ether oxygens (including phenoxy) is 1. The van der Waals surface area contributed by atoms with Crippen LogP contribution in [-0.4, -0.2) is 41.4 Å². The number of fused-ring (bicyclic) bond motifs is 2. The second kappa shape index (κ2) is 7.26. The quantitative estimate of drug-likeness (QED) is 0.653. The van der Waals surface area contributed by atoms with Crippen LogP contribution in [0.4, 0.5) is 5.82 Å². The Balaban J connectivity index is 0.000000442. The third-order valence-electron chi connectivity index (χ3n) is 6.11. The van der Waals surface area contributed by atoms with Crippen molar-refractivity contribution in [1.82, 2.24) is 14.8 Å². The van der Waals surface area contributed by atoms with Crippen molar-refractivity contribution in [3.8, 4) is 5.69 Å². The molecule has 28 heavy (non-hydrogen) atoms. The number of carbonyl (C=O) groups is 1. The van der Waals surface area contributed by atoms with Gasteiger partial charge in [0.15, 0.2) is 0 Å². The topological polar surface area (TPSA) is 60.2 Å². The molecule has 1 aliphatic carbocycles. The maximum absolute atomic E-state index is 8.95. The number of carbonyl (C=O) groups excluding carboxylic acids is 1. The fraction of sp³-hybridized carbons (Fsp3) is 0.409. The van der Waals surface area contributed by atoms with Crippen molar-refractivity contribution in [3.05, 3.63) is 47.8 Å². The summed E-state index contributed by atoms with van der Waals surface area (Å²) >= 11 is 0. The molecule has 146 valence electrons. The monoisotopic (exact) mass is 378 g/mol. The van der Waals surface area contributed by atoms with Crippen molar-refractivity contribution in [1.29, 1.82) is 0 Å². The first-order valence-electron chi connectivity index (χ1n) is 9.68. The first-order chi connectivity index (χ1) is 13.5. The molecule has 0 N–H and O–H groups in total. The van der Waals surface area contributed by atoms with Crippen molar-refractivity contribution in [2.24, 2.45) is 17.8 Å². The van der Waals surface area contributed by atoms with Gasteiger partial charge in [-0.3, -0.25) is 4.79 Å². The van der Waals surface area contributed by atoms with E-state index in [4.69, 9.17) is 14.9 Å². The molecule has 3 aromatic rings. The van der Waals surface area contributed by atoms with E-state index in [0.717, 1.165) is 35.0 Å². The Morgan fingerprint density at radius 2 is 1.86 bits per heavy atom. The van der Waals surface area contributed by atoms with Crippen molar-refractivity contribution < 1.29 is 9.53 Å². The lowest BCUT2D eigenvalue weighted by atomic mass is 10.1. The third kappa shape index (κ3) is 3.13. The first kappa shape index (κ1) is 18.5. The molecule has 0 radical (unpaired) electrons. The highest BCUT2D eigenvalue weighted by Gasteiger charge is 2.52. The van der Waals surface area contributed by atoms with Gasteiger partial charge in [0.1, 0.15) is 5.82 Å². The number of hydrogen-bond donors (Lipinski definition) is 0. The Labute approximate surface area is 165 Å². The zero-order valence-electron chi connectivity index (χ0n) is 16.8. The van der Waals surface area contributed by atoms with Crippen LogP contribution < -0.4 is 4.90 Å². The van der Waals surface area contributed by atoms with Crippen molar-refractivity contribution in [2.75, 3.05) is 25.1 Å². The molecule has 2 aliphatic rings. The van der Waals surface area contributed by atoms with Gasteiger partial charge < -0.3 is 9.64 Å². The number of benzene rings is 1. The Morgan fingerprint density at radius 1 is 1.14 bits per heavy atom. The van der Waals surface area contributed by atoms with Gasteiger partial charge in [-0.2, -0.15) is 5.10 Å². The normalized spacial score (nSPS) is 22.4. The van der Waals surface area contributed by atoms with Crippen LogP contribution in [0.1, 0.15) is 18.2 Å². The number of anilines is 1. The summed E-state index contributed by atoms with van der Waals surface area (Å²) in [5.41, 5.74) is 4.52. The molecule has 1 aromatic carbocycles. The Kier molecular flexibility index (Phi) is 4.79. The largest absolute Gasteiger partial charge is 0.471 e. The van der Waals surface area contributed by atoms with Gasteiger partial charge in [0.25, 0.3) is 6.47 Å². The fourth-order valence-corrected chi connectivity index (χ4v) is 4.37. The van der Waals surface area contributed by atoms with E-state index in [0.29, 0.717) is 6.47 Å². The molecule has 6 heteroatoms. The summed E-state index contributed by atoms with van der Waals surface area (Å²) in [6.45, 7) is 9.29. The lowest BCUT2D eigenvalue weighted by molar-refractivity contribution is -0.126. The van der Waals surface area contributed by atoms with Crippen molar-refractivity contribution in [2.45, 2.75) is 20.8 Å². The first-order valence-corrected chi connectivity index (χ1v) is 9.68. The second-order valence-corrected chi connectivity index (χ2v) is 7.77. The molecule has 2 unspecified atom stereocenters. The van der Waals surface area contributed by atoms with E-state index >= 15 is 0 Å². The number of aromatic nitrogens is 3. The SMILES string of the molecule is COC=O.Cc1nn(-c2ccc(N3CC4C(C)[C@@H]4C3)nc2)c2c(C)cccc12. The van der Waals surface area contributed by atoms with E-state index in [1.54, 1.807) is 0 Å². The molecule has 1 aliphatic heterocycles.